The average Bonchev–Trinajstić information content (AvgIpc) is 3.64. The molecule has 5 aromatic rings. The maximum absolute atomic E-state index is 13.6. The van der Waals surface area contributed by atoms with Gasteiger partial charge in [0, 0.05) is 55.9 Å². The van der Waals surface area contributed by atoms with Gasteiger partial charge in [0.2, 0.25) is 0 Å². The molecular formula is C28H28F2N8. The van der Waals surface area contributed by atoms with E-state index in [-0.39, 0.29) is 13.0 Å². The number of hydrogen-bond acceptors (Lipinski definition) is 6. The molecule has 8 nitrogen and oxygen atoms in total. The first-order valence-corrected chi connectivity index (χ1v) is 13.1. The number of nitrogens with zero attached hydrogens (tertiary/aromatic N) is 6. The quantitative estimate of drug-likeness (QED) is 0.327. The van der Waals surface area contributed by atoms with Crippen molar-refractivity contribution in [2.45, 2.75) is 38.2 Å². The molecule has 0 unspecified atom stereocenters. The number of H-pyrrole nitrogens is 2. The van der Waals surface area contributed by atoms with Crippen molar-refractivity contribution in [2.75, 3.05) is 31.1 Å². The standard InChI is InChI=1S/C28H28F2N8/c29-28(30)6-9-37(17-28)16-18-10-20(13-31-12-18)19-4-5-22-21(11-19)25(36-35-22)27-33-23-14-32-15-24(26(23)34-27)38-7-2-1-3-8-38/h4-5,10-15H,1-3,6-9,16-17H2,(H,33,34)(H,35,36). The summed E-state index contributed by atoms with van der Waals surface area (Å²) in [4.78, 5) is 21.4. The maximum atomic E-state index is 13.6. The predicted molar refractivity (Wildman–Crippen MR) is 143 cm³/mol. The molecule has 6 heterocycles. The molecule has 7 rings (SSSR count). The molecule has 0 aliphatic carbocycles. The Morgan fingerprint density at radius 1 is 0.895 bits per heavy atom. The molecule has 38 heavy (non-hydrogen) atoms. The number of alkyl halides is 2. The number of fused-ring (bicyclic) bond motifs is 2. The summed E-state index contributed by atoms with van der Waals surface area (Å²) in [5.41, 5.74) is 7.34. The molecule has 0 spiro atoms. The van der Waals surface area contributed by atoms with Crippen molar-refractivity contribution >= 4 is 27.6 Å². The number of piperidine rings is 1. The van der Waals surface area contributed by atoms with E-state index in [1.807, 2.05) is 30.6 Å². The van der Waals surface area contributed by atoms with Gasteiger partial charge in [-0.15, -0.1) is 0 Å². The van der Waals surface area contributed by atoms with E-state index >= 15 is 0 Å². The van der Waals surface area contributed by atoms with E-state index in [0.717, 1.165) is 63.1 Å². The van der Waals surface area contributed by atoms with Crippen molar-refractivity contribution < 1.29 is 8.78 Å². The zero-order chi connectivity index (χ0) is 25.7. The SMILES string of the molecule is FC1(F)CCN(Cc2cncc(-c3ccc4[nH]nc(-c5nc6c(N7CCCCC7)cncc6[nH]5)c4c3)c2)C1. The molecule has 4 aromatic heterocycles. The van der Waals surface area contributed by atoms with Crippen molar-refractivity contribution in [3.8, 4) is 22.6 Å². The largest absolute Gasteiger partial charge is 0.368 e. The van der Waals surface area contributed by atoms with Crippen LogP contribution in [0, 0.1) is 0 Å². The van der Waals surface area contributed by atoms with Crippen LogP contribution < -0.4 is 4.90 Å². The topological polar surface area (TPSA) is 89.6 Å². The molecule has 0 bridgehead atoms. The van der Waals surface area contributed by atoms with Gasteiger partial charge >= 0.3 is 0 Å². The molecule has 10 heteroatoms. The fraction of sp³-hybridized carbons (Fsp3) is 0.357. The molecule has 0 atom stereocenters. The van der Waals surface area contributed by atoms with Crippen LogP contribution in [-0.2, 0) is 6.54 Å². The monoisotopic (exact) mass is 514 g/mol. The molecular weight excluding hydrogens is 486 g/mol. The minimum atomic E-state index is -2.60. The smallest absolute Gasteiger partial charge is 0.261 e. The molecule has 1 aromatic carbocycles. The number of aromatic nitrogens is 6. The molecule has 2 N–H and O–H groups in total. The highest BCUT2D eigenvalue weighted by Gasteiger charge is 2.37. The first-order chi connectivity index (χ1) is 18.5. The minimum Gasteiger partial charge on any atom is -0.368 e. The molecule has 0 saturated carbocycles. The Balaban J connectivity index is 1.22. The average molecular weight is 515 g/mol. The van der Waals surface area contributed by atoms with E-state index in [4.69, 9.17) is 4.98 Å². The Kier molecular flexibility index (Phi) is 5.57. The summed E-state index contributed by atoms with van der Waals surface area (Å²) in [6, 6.07) is 8.13. The molecule has 2 aliphatic rings. The van der Waals surface area contributed by atoms with Gasteiger partial charge in [-0.3, -0.25) is 20.0 Å². The number of anilines is 1. The second-order valence-corrected chi connectivity index (χ2v) is 10.4. The highest BCUT2D eigenvalue weighted by molar-refractivity contribution is 5.97. The van der Waals surface area contributed by atoms with E-state index in [1.54, 1.807) is 17.3 Å². The van der Waals surface area contributed by atoms with Crippen molar-refractivity contribution in [1.29, 1.82) is 0 Å². The number of nitrogens with one attached hydrogen (secondary N) is 2. The van der Waals surface area contributed by atoms with E-state index in [0.29, 0.717) is 18.9 Å². The Labute approximate surface area is 218 Å². The number of likely N-dealkylation sites (tertiary alicyclic amines) is 1. The van der Waals surface area contributed by atoms with Crippen molar-refractivity contribution in [1.82, 2.24) is 35.0 Å². The van der Waals surface area contributed by atoms with Gasteiger partial charge < -0.3 is 9.88 Å². The van der Waals surface area contributed by atoms with E-state index < -0.39 is 5.92 Å². The zero-order valence-electron chi connectivity index (χ0n) is 20.9. The molecule has 194 valence electrons. The number of pyridine rings is 2. The summed E-state index contributed by atoms with van der Waals surface area (Å²) < 4.78 is 27.3. The lowest BCUT2D eigenvalue weighted by molar-refractivity contribution is 0.0115. The van der Waals surface area contributed by atoms with Crippen LogP contribution in [0.25, 0.3) is 44.6 Å². The lowest BCUT2D eigenvalue weighted by Gasteiger charge is -2.28. The molecule has 2 aliphatic heterocycles. The van der Waals surface area contributed by atoms with Crippen LogP contribution in [-0.4, -0.2) is 67.1 Å². The van der Waals surface area contributed by atoms with Gasteiger partial charge in [-0.05, 0) is 48.6 Å². The normalized spacial score (nSPS) is 18.1. The van der Waals surface area contributed by atoms with Crippen molar-refractivity contribution in [3.63, 3.8) is 0 Å². The number of aromatic amines is 2. The lowest BCUT2D eigenvalue weighted by Crippen LogP contribution is -2.29. The third kappa shape index (κ3) is 4.28. The van der Waals surface area contributed by atoms with Gasteiger partial charge in [0.1, 0.15) is 11.2 Å². The van der Waals surface area contributed by atoms with Crippen LogP contribution in [0.5, 0.6) is 0 Å². The Hall–Kier alpha value is -3.92. The third-order valence-electron chi connectivity index (χ3n) is 7.64. The van der Waals surface area contributed by atoms with Crippen LogP contribution in [0.2, 0.25) is 0 Å². The van der Waals surface area contributed by atoms with Gasteiger partial charge in [-0.2, -0.15) is 5.10 Å². The van der Waals surface area contributed by atoms with Gasteiger partial charge in [0.15, 0.2) is 5.82 Å². The fourth-order valence-corrected chi connectivity index (χ4v) is 5.70. The zero-order valence-corrected chi connectivity index (χ0v) is 20.9. The van der Waals surface area contributed by atoms with Gasteiger partial charge in [-0.25, -0.2) is 13.8 Å². The fourth-order valence-electron chi connectivity index (χ4n) is 5.70. The first-order valence-electron chi connectivity index (χ1n) is 13.1. The predicted octanol–water partition coefficient (Wildman–Crippen LogP) is 5.39. The molecule has 0 radical (unpaired) electrons. The highest BCUT2D eigenvalue weighted by Crippen LogP contribution is 2.33. The van der Waals surface area contributed by atoms with Crippen LogP contribution in [0.4, 0.5) is 14.5 Å². The van der Waals surface area contributed by atoms with Crippen molar-refractivity contribution in [2.24, 2.45) is 0 Å². The maximum Gasteiger partial charge on any atom is 0.261 e. The number of halogens is 2. The van der Waals surface area contributed by atoms with Crippen LogP contribution in [0.3, 0.4) is 0 Å². The Morgan fingerprint density at radius 3 is 2.61 bits per heavy atom. The van der Waals surface area contributed by atoms with Crippen molar-refractivity contribution in [3.05, 3.63) is 54.6 Å². The Bertz CT molecular complexity index is 1620. The number of hydrogen-bond donors (Lipinski definition) is 2. The number of rotatable bonds is 5. The van der Waals surface area contributed by atoms with Crippen LogP contribution in [0.1, 0.15) is 31.2 Å². The summed E-state index contributed by atoms with van der Waals surface area (Å²) in [6.07, 6.45) is 10.8. The molecule has 2 saturated heterocycles. The number of imidazole rings is 1. The van der Waals surface area contributed by atoms with Crippen LogP contribution in [0.15, 0.2) is 49.1 Å². The number of benzene rings is 1. The second kappa shape index (κ2) is 9.13. The summed E-state index contributed by atoms with van der Waals surface area (Å²) in [5, 5.41) is 8.66. The third-order valence-corrected chi connectivity index (χ3v) is 7.64. The van der Waals surface area contributed by atoms with Gasteiger partial charge in [0.05, 0.1) is 35.7 Å². The first kappa shape index (κ1) is 23.2. The molecule has 0 amide bonds. The Morgan fingerprint density at radius 2 is 1.76 bits per heavy atom. The highest BCUT2D eigenvalue weighted by atomic mass is 19.3. The summed E-state index contributed by atoms with van der Waals surface area (Å²) in [6.45, 7) is 2.69. The lowest BCUT2D eigenvalue weighted by atomic mass is 10.0. The summed E-state index contributed by atoms with van der Waals surface area (Å²) in [7, 11) is 0. The summed E-state index contributed by atoms with van der Waals surface area (Å²) >= 11 is 0. The summed E-state index contributed by atoms with van der Waals surface area (Å²) in [5.74, 6) is -1.91. The minimum absolute atomic E-state index is 0.0859. The van der Waals surface area contributed by atoms with E-state index in [2.05, 4.69) is 36.1 Å². The molecule has 2 fully saturated rings. The van der Waals surface area contributed by atoms with Gasteiger partial charge in [0.25, 0.3) is 5.92 Å². The van der Waals surface area contributed by atoms with E-state index in [9.17, 15) is 8.78 Å². The van der Waals surface area contributed by atoms with Gasteiger partial charge in [-0.1, -0.05) is 6.07 Å². The van der Waals surface area contributed by atoms with Crippen LogP contribution >= 0.6 is 0 Å². The second-order valence-electron chi connectivity index (χ2n) is 10.4. The van der Waals surface area contributed by atoms with E-state index in [1.165, 1.54) is 19.3 Å².